The van der Waals surface area contributed by atoms with Gasteiger partial charge in [0.25, 0.3) is 0 Å². The van der Waals surface area contributed by atoms with Gasteiger partial charge < -0.3 is 18.6 Å². The van der Waals surface area contributed by atoms with Gasteiger partial charge in [-0.1, -0.05) is 51.1 Å². The fraction of sp³-hybridized carbons (Fsp3) is 0.692. The predicted octanol–water partition coefficient (Wildman–Crippen LogP) is 4.80. The molecule has 0 amide bonds. The van der Waals surface area contributed by atoms with Gasteiger partial charge in [0.05, 0.1) is 32.0 Å². The number of hydrogen-bond donors (Lipinski definition) is 0. The molecule has 2 aliphatic heterocycles. The van der Waals surface area contributed by atoms with E-state index in [2.05, 4.69) is 118 Å². The van der Waals surface area contributed by atoms with E-state index in [1.165, 1.54) is 0 Å². The van der Waals surface area contributed by atoms with Crippen molar-refractivity contribution in [3.05, 3.63) is 11.1 Å². The summed E-state index contributed by atoms with van der Waals surface area (Å²) in [7, 11) is -4.33. The Balaban J connectivity index is 2.27. The SMILES string of the molecule is CC1(C)OB(c2sc(B3OC(C)(C)C(C)(C)O3)c(C#C[Si](C)(C)C)c2C#C[Si](C)(C)C)OC1(C)C. The number of hydrogen-bond acceptors (Lipinski definition) is 5. The van der Waals surface area contributed by atoms with Crippen LogP contribution in [0.15, 0.2) is 0 Å². The van der Waals surface area contributed by atoms with Crippen molar-refractivity contribution in [1.29, 1.82) is 0 Å². The highest BCUT2D eigenvalue weighted by molar-refractivity contribution is 7.31. The molecule has 2 aliphatic rings. The van der Waals surface area contributed by atoms with Crippen molar-refractivity contribution in [2.45, 2.75) is 117 Å². The number of rotatable bonds is 2. The Labute approximate surface area is 220 Å². The Morgan fingerprint density at radius 3 is 1.03 bits per heavy atom. The van der Waals surface area contributed by atoms with Crippen LogP contribution in [-0.4, -0.2) is 52.8 Å². The molecule has 0 aliphatic carbocycles. The van der Waals surface area contributed by atoms with Gasteiger partial charge in [0, 0.05) is 11.1 Å². The lowest BCUT2D eigenvalue weighted by Crippen LogP contribution is -2.41. The normalized spacial score (nSPS) is 22.5. The summed E-state index contributed by atoms with van der Waals surface area (Å²) in [5, 5.41) is 0. The van der Waals surface area contributed by atoms with Gasteiger partial charge >= 0.3 is 14.2 Å². The second-order valence-electron chi connectivity index (χ2n) is 13.8. The van der Waals surface area contributed by atoms with Crippen LogP contribution in [0.25, 0.3) is 0 Å². The molecule has 190 valence electrons. The van der Waals surface area contributed by atoms with Crippen LogP contribution in [0.5, 0.6) is 0 Å². The van der Waals surface area contributed by atoms with Crippen molar-refractivity contribution in [2.75, 3.05) is 0 Å². The lowest BCUT2D eigenvalue weighted by Gasteiger charge is -2.32. The van der Waals surface area contributed by atoms with Crippen molar-refractivity contribution >= 4 is 51.3 Å². The van der Waals surface area contributed by atoms with E-state index in [0.717, 1.165) is 20.7 Å². The molecule has 3 heterocycles. The van der Waals surface area contributed by atoms with Gasteiger partial charge in [-0.05, 0) is 55.4 Å². The van der Waals surface area contributed by atoms with Gasteiger partial charge in [-0.15, -0.1) is 11.1 Å². The molecule has 2 saturated heterocycles. The Bertz CT molecular complexity index is 1000. The zero-order valence-electron chi connectivity index (χ0n) is 24.2. The summed E-state index contributed by atoms with van der Waals surface area (Å²) in [6.07, 6.45) is 0. The molecule has 0 atom stereocenters. The number of thiophene rings is 1. The van der Waals surface area contributed by atoms with Gasteiger partial charge in [-0.2, -0.15) is 11.3 Å². The second kappa shape index (κ2) is 8.91. The van der Waals surface area contributed by atoms with E-state index < -0.39 is 52.8 Å². The molecule has 2 fully saturated rings. The highest BCUT2D eigenvalue weighted by atomic mass is 32.1. The monoisotopic (exact) mass is 528 g/mol. The standard InChI is InChI=1S/C26H42B2O4SSi2/c1-23(2)24(3,4)30-27(29-23)21-19(15-17-34(9,10)11)20(16-18-35(12,13)14)22(33-21)28-31-25(5,6)26(7,8)32-28/h1-14H3. The van der Waals surface area contributed by atoms with Gasteiger partial charge in [0.15, 0.2) is 0 Å². The van der Waals surface area contributed by atoms with Crippen molar-refractivity contribution < 1.29 is 18.6 Å². The van der Waals surface area contributed by atoms with E-state index in [-0.39, 0.29) is 0 Å². The molecule has 1 aromatic rings. The third-order valence-electron chi connectivity index (χ3n) is 7.02. The summed E-state index contributed by atoms with van der Waals surface area (Å²) in [6.45, 7) is 30.1. The molecule has 35 heavy (non-hydrogen) atoms. The maximum absolute atomic E-state index is 6.49. The van der Waals surface area contributed by atoms with Crippen molar-refractivity contribution in [3.63, 3.8) is 0 Å². The van der Waals surface area contributed by atoms with Crippen molar-refractivity contribution in [2.24, 2.45) is 0 Å². The smallest absolute Gasteiger partial charge is 0.399 e. The maximum Gasteiger partial charge on any atom is 0.506 e. The summed E-state index contributed by atoms with van der Waals surface area (Å²) in [4.78, 5) is 0. The molecule has 3 rings (SSSR count). The molecular weight excluding hydrogens is 486 g/mol. The minimum Gasteiger partial charge on any atom is -0.399 e. The van der Waals surface area contributed by atoms with E-state index in [0.29, 0.717) is 0 Å². The van der Waals surface area contributed by atoms with Gasteiger partial charge in [0.2, 0.25) is 0 Å². The summed E-state index contributed by atoms with van der Waals surface area (Å²) in [6, 6.07) is 0. The molecule has 0 aromatic carbocycles. The highest BCUT2D eigenvalue weighted by Crippen LogP contribution is 2.39. The van der Waals surface area contributed by atoms with Crippen LogP contribution in [0.3, 0.4) is 0 Å². The first-order valence-electron chi connectivity index (χ1n) is 12.5. The van der Waals surface area contributed by atoms with Gasteiger partial charge in [-0.3, -0.25) is 0 Å². The van der Waals surface area contributed by atoms with Crippen LogP contribution in [0.1, 0.15) is 66.5 Å². The molecule has 0 spiro atoms. The summed E-state index contributed by atoms with van der Waals surface area (Å²) < 4.78 is 27.9. The van der Waals surface area contributed by atoms with E-state index in [1.807, 2.05) is 0 Å². The maximum atomic E-state index is 6.49. The van der Waals surface area contributed by atoms with Crippen LogP contribution < -0.4 is 9.55 Å². The van der Waals surface area contributed by atoms with Gasteiger partial charge in [0.1, 0.15) is 16.1 Å². The Hall–Kier alpha value is -0.776. The average Bonchev–Trinajstić information content (AvgIpc) is 3.17. The first-order valence-corrected chi connectivity index (χ1v) is 20.3. The van der Waals surface area contributed by atoms with E-state index in [9.17, 15) is 0 Å². The zero-order chi connectivity index (χ0) is 26.8. The average molecular weight is 528 g/mol. The fourth-order valence-electron chi connectivity index (χ4n) is 3.45. The van der Waals surface area contributed by atoms with Crippen LogP contribution in [0.4, 0.5) is 0 Å². The third kappa shape index (κ3) is 6.04. The van der Waals surface area contributed by atoms with Crippen LogP contribution in [0.2, 0.25) is 39.3 Å². The Morgan fingerprint density at radius 1 is 0.543 bits per heavy atom. The highest BCUT2D eigenvalue weighted by Gasteiger charge is 2.56. The first kappa shape index (κ1) is 28.8. The predicted molar refractivity (Wildman–Crippen MR) is 156 cm³/mol. The second-order valence-corrected chi connectivity index (χ2v) is 24.3. The molecule has 0 radical (unpaired) electrons. The van der Waals surface area contributed by atoms with Crippen molar-refractivity contribution in [1.82, 2.24) is 0 Å². The Morgan fingerprint density at radius 2 is 0.800 bits per heavy atom. The van der Waals surface area contributed by atoms with Crippen molar-refractivity contribution in [3.8, 4) is 22.9 Å². The molecule has 9 heteroatoms. The molecule has 1 aromatic heterocycles. The molecule has 0 N–H and O–H groups in total. The minimum absolute atomic E-state index is 0.445. The molecule has 0 saturated carbocycles. The summed E-state index contributed by atoms with van der Waals surface area (Å²) >= 11 is 1.61. The zero-order valence-corrected chi connectivity index (χ0v) is 27.0. The molecule has 4 nitrogen and oxygen atoms in total. The van der Waals surface area contributed by atoms with Crippen LogP contribution in [-0.2, 0) is 18.6 Å². The fourth-order valence-corrected chi connectivity index (χ4v) is 5.58. The lowest BCUT2D eigenvalue weighted by atomic mass is 9.79. The topological polar surface area (TPSA) is 36.9 Å². The van der Waals surface area contributed by atoms with Crippen LogP contribution >= 0.6 is 11.3 Å². The van der Waals surface area contributed by atoms with Crippen LogP contribution in [0, 0.1) is 22.9 Å². The van der Waals surface area contributed by atoms with E-state index >= 15 is 0 Å². The van der Waals surface area contributed by atoms with Gasteiger partial charge in [-0.25, -0.2) is 0 Å². The largest absolute Gasteiger partial charge is 0.506 e. The quantitative estimate of drug-likeness (QED) is 0.408. The molecule has 0 unspecified atom stereocenters. The van der Waals surface area contributed by atoms with E-state index in [4.69, 9.17) is 18.6 Å². The molecule has 0 bridgehead atoms. The minimum atomic E-state index is -1.65. The Kier molecular flexibility index (Phi) is 7.33. The first-order chi connectivity index (χ1) is 15.6. The lowest BCUT2D eigenvalue weighted by molar-refractivity contribution is 0.00578. The summed E-state index contributed by atoms with van der Waals surface area (Å²) in [5.41, 5.74) is 7.17. The molecular formula is C26H42B2O4SSi2. The summed E-state index contributed by atoms with van der Waals surface area (Å²) in [5.74, 6) is 7.08. The third-order valence-corrected chi connectivity index (χ3v) is 10.0. The van der Waals surface area contributed by atoms with E-state index in [1.54, 1.807) is 11.3 Å².